The lowest BCUT2D eigenvalue weighted by atomic mass is 10.1. The highest BCUT2D eigenvalue weighted by Gasteiger charge is 2.20. The number of nitrogens with zero attached hydrogens (tertiary/aromatic N) is 3. The Bertz CT molecular complexity index is 1200. The van der Waals surface area contributed by atoms with Gasteiger partial charge in [0.1, 0.15) is 23.3 Å². The molecule has 0 aliphatic carbocycles. The number of halogens is 2. The quantitative estimate of drug-likeness (QED) is 0.370. The Labute approximate surface area is 176 Å². The van der Waals surface area contributed by atoms with Gasteiger partial charge in [-0.15, -0.1) is 0 Å². The summed E-state index contributed by atoms with van der Waals surface area (Å²) in [6.07, 6.45) is 2.61. The van der Waals surface area contributed by atoms with Crippen LogP contribution in [0.1, 0.15) is 23.0 Å². The zero-order chi connectivity index (χ0) is 22.4. The van der Waals surface area contributed by atoms with E-state index in [-0.39, 0.29) is 23.6 Å². The number of aromatic nitrogens is 2. The molecule has 1 aromatic heterocycles. The lowest BCUT2D eigenvalue weighted by molar-refractivity contribution is -0.112. The number of hydrogen-bond acceptors (Lipinski definition) is 5. The van der Waals surface area contributed by atoms with E-state index in [9.17, 15) is 23.6 Å². The van der Waals surface area contributed by atoms with Crippen LogP contribution in [-0.2, 0) is 9.53 Å². The molecule has 9 heteroatoms. The van der Waals surface area contributed by atoms with Gasteiger partial charge in [-0.2, -0.15) is 10.4 Å². The van der Waals surface area contributed by atoms with Crippen molar-refractivity contribution in [3.05, 3.63) is 83.2 Å². The highest BCUT2D eigenvalue weighted by atomic mass is 19.1. The van der Waals surface area contributed by atoms with Crippen molar-refractivity contribution in [2.24, 2.45) is 0 Å². The number of amides is 1. The first-order valence-electron chi connectivity index (χ1n) is 9.13. The van der Waals surface area contributed by atoms with Gasteiger partial charge in [-0.1, -0.05) is 18.2 Å². The second-order valence-corrected chi connectivity index (χ2v) is 6.18. The third-order valence-corrected chi connectivity index (χ3v) is 4.08. The van der Waals surface area contributed by atoms with E-state index in [1.807, 2.05) is 6.07 Å². The molecule has 156 valence electrons. The molecule has 0 radical (unpaired) electrons. The molecule has 0 saturated heterocycles. The number of para-hydroxylation sites is 1. The Morgan fingerprint density at radius 3 is 2.61 bits per heavy atom. The van der Waals surface area contributed by atoms with Crippen molar-refractivity contribution in [3.63, 3.8) is 0 Å². The first-order valence-corrected chi connectivity index (χ1v) is 9.13. The van der Waals surface area contributed by atoms with Crippen molar-refractivity contribution in [2.75, 3.05) is 11.9 Å². The summed E-state index contributed by atoms with van der Waals surface area (Å²) >= 11 is 0. The van der Waals surface area contributed by atoms with Gasteiger partial charge in [-0.05, 0) is 37.3 Å². The molecular formula is C22H16F2N4O3. The van der Waals surface area contributed by atoms with Crippen molar-refractivity contribution in [3.8, 4) is 11.8 Å². The first-order chi connectivity index (χ1) is 14.9. The average molecular weight is 422 g/mol. The Morgan fingerprint density at radius 2 is 1.97 bits per heavy atom. The van der Waals surface area contributed by atoms with E-state index in [4.69, 9.17) is 4.74 Å². The van der Waals surface area contributed by atoms with Gasteiger partial charge in [0.15, 0.2) is 5.69 Å². The van der Waals surface area contributed by atoms with Crippen LogP contribution in [0.3, 0.4) is 0 Å². The van der Waals surface area contributed by atoms with Crippen LogP contribution in [-0.4, -0.2) is 28.3 Å². The predicted octanol–water partition coefficient (Wildman–Crippen LogP) is 3.87. The van der Waals surface area contributed by atoms with Crippen molar-refractivity contribution >= 4 is 23.6 Å². The third kappa shape index (κ3) is 5.00. The van der Waals surface area contributed by atoms with Gasteiger partial charge in [0.25, 0.3) is 5.91 Å². The molecule has 0 unspecified atom stereocenters. The molecule has 3 rings (SSSR count). The monoisotopic (exact) mass is 422 g/mol. The van der Waals surface area contributed by atoms with Crippen LogP contribution in [0.5, 0.6) is 0 Å². The van der Waals surface area contributed by atoms with Crippen LogP contribution in [0.15, 0.2) is 60.3 Å². The predicted molar refractivity (Wildman–Crippen MR) is 108 cm³/mol. The van der Waals surface area contributed by atoms with Crippen molar-refractivity contribution < 1.29 is 23.1 Å². The minimum absolute atomic E-state index is 0.0979. The summed E-state index contributed by atoms with van der Waals surface area (Å²) in [6.45, 7) is 1.74. The van der Waals surface area contributed by atoms with Gasteiger partial charge in [-0.3, -0.25) is 4.79 Å². The molecule has 1 heterocycles. The van der Waals surface area contributed by atoms with Crippen LogP contribution >= 0.6 is 0 Å². The number of esters is 1. The minimum atomic E-state index is -0.991. The smallest absolute Gasteiger partial charge is 0.359 e. The number of benzene rings is 2. The van der Waals surface area contributed by atoms with Crippen molar-refractivity contribution in [1.82, 2.24) is 9.78 Å². The van der Waals surface area contributed by atoms with E-state index in [1.54, 1.807) is 37.3 Å². The highest BCUT2D eigenvalue weighted by Crippen LogP contribution is 2.19. The summed E-state index contributed by atoms with van der Waals surface area (Å²) in [5.74, 6) is -3.46. The fraction of sp³-hybridized carbons (Fsp3) is 0.0909. The first kappa shape index (κ1) is 21.4. The van der Waals surface area contributed by atoms with E-state index in [1.165, 1.54) is 10.9 Å². The van der Waals surface area contributed by atoms with Gasteiger partial charge in [0.05, 0.1) is 18.0 Å². The number of rotatable bonds is 6. The number of nitriles is 1. The second-order valence-electron chi connectivity index (χ2n) is 6.18. The molecule has 0 aliphatic rings. The van der Waals surface area contributed by atoms with Gasteiger partial charge in [0, 0.05) is 17.8 Å². The van der Waals surface area contributed by atoms with E-state index >= 15 is 0 Å². The van der Waals surface area contributed by atoms with Crippen LogP contribution in [0.2, 0.25) is 0 Å². The molecule has 0 fully saturated rings. The molecule has 2 aromatic carbocycles. The van der Waals surface area contributed by atoms with Gasteiger partial charge >= 0.3 is 5.97 Å². The molecule has 0 spiro atoms. The summed E-state index contributed by atoms with van der Waals surface area (Å²) in [7, 11) is 0. The van der Waals surface area contributed by atoms with E-state index in [0.29, 0.717) is 11.8 Å². The van der Waals surface area contributed by atoms with Gasteiger partial charge < -0.3 is 10.1 Å². The summed E-state index contributed by atoms with van der Waals surface area (Å²) < 4.78 is 33.3. The van der Waals surface area contributed by atoms with E-state index in [0.717, 1.165) is 18.2 Å². The number of hydrogen-bond donors (Lipinski definition) is 1. The van der Waals surface area contributed by atoms with Gasteiger partial charge in [-0.25, -0.2) is 18.3 Å². The van der Waals surface area contributed by atoms with Crippen LogP contribution in [0.4, 0.5) is 14.5 Å². The zero-order valence-electron chi connectivity index (χ0n) is 16.3. The molecule has 31 heavy (non-hydrogen) atoms. The maximum atomic E-state index is 13.8. The molecule has 0 atom stereocenters. The Morgan fingerprint density at radius 1 is 1.23 bits per heavy atom. The van der Waals surface area contributed by atoms with E-state index < -0.39 is 29.1 Å². The number of anilines is 1. The number of ether oxygens (including phenoxy) is 1. The third-order valence-electron chi connectivity index (χ3n) is 4.08. The van der Waals surface area contributed by atoms with Crippen LogP contribution in [0, 0.1) is 23.0 Å². The molecule has 0 bridgehead atoms. The number of carbonyl (C=O) groups is 2. The maximum Gasteiger partial charge on any atom is 0.359 e. The summed E-state index contributed by atoms with van der Waals surface area (Å²) in [6, 6.07) is 13.2. The molecule has 7 nitrogen and oxygen atoms in total. The SMILES string of the molecule is CCOC(=O)c1nn(-c2ccccc2)cc1/C=C(/C#N)C(=O)Nc1ccc(F)cc1F. The molecule has 3 aromatic rings. The molecule has 0 aliphatic heterocycles. The minimum Gasteiger partial charge on any atom is -0.461 e. The van der Waals surface area contributed by atoms with Crippen molar-refractivity contribution in [1.29, 1.82) is 5.26 Å². The van der Waals surface area contributed by atoms with Crippen molar-refractivity contribution in [2.45, 2.75) is 6.92 Å². The van der Waals surface area contributed by atoms with Crippen LogP contribution < -0.4 is 5.32 Å². The molecular weight excluding hydrogens is 406 g/mol. The second kappa shape index (κ2) is 9.45. The summed E-state index contributed by atoms with van der Waals surface area (Å²) in [4.78, 5) is 24.8. The Hall–Kier alpha value is -4.32. The molecule has 1 amide bonds. The number of nitrogens with one attached hydrogen (secondary N) is 1. The molecule has 0 saturated carbocycles. The zero-order valence-corrected chi connectivity index (χ0v) is 16.3. The Balaban J connectivity index is 1.98. The maximum absolute atomic E-state index is 13.8. The Kier molecular flexibility index (Phi) is 6.52. The van der Waals surface area contributed by atoms with Crippen LogP contribution in [0.25, 0.3) is 11.8 Å². The normalized spacial score (nSPS) is 11.0. The topological polar surface area (TPSA) is 97.0 Å². The fourth-order valence-corrected chi connectivity index (χ4v) is 2.65. The van der Waals surface area contributed by atoms with E-state index in [2.05, 4.69) is 10.4 Å². The largest absolute Gasteiger partial charge is 0.461 e. The summed E-state index contributed by atoms with van der Waals surface area (Å²) in [5, 5.41) is 15.8. The highest BCUT2D eigenvalue weighted by molar-refractivity contribution is 6.10. The molecule has 1 N–H and O–H groups in total. The average Bonchev–Trinajstić information content (AvgIpc) is 3.19. The number of carbonyl (C=O) groups excluding carboxylic acids is 2. The lowest BCUT2D eigenvalue weighted by Crippen LogP contribution is -2.15. The fourth-order valence-electron chi connectivity index (χ4n) is 2.65. The lowest BCUT2D eigenvalue weighted by Gasteiger charge is -2.05. The van der Waals surface area contributed by atoms with Gasteiger partial charge in [0.2, 0.25) is 0 Å². The standard InChI is InChI=1S/C22H16F2N4O3/c1-2-31-22(30)20-15(13-28(27-20)17-6-4-3-5-7-17)10-14(12-25)21(29)26-19-9-8-16(23)11-18(19)24/h3-11,13H,2H2,1H3,(H,26,29)/b14-10-. The summed E-state index contributed by atoms with van der Waals surface area (Å²) in [5.41, 5.74) is -0.00290.